The van der Waals surface area contributed by atoms with Gasteiger partial charge in [-0.1, -0.05) is 13.3 Å². The number of carbonyl (C=O) groups excluding carboxylic acids is 1. The molecule has 0 radical (unpaired) electrons. The zero-order valence-corrected chi connectivity index (χ0v) is 12.1. The normalized spacial score (nSPS) is 13.7. The lowest BCUT2D eigenvalue weighted by Gasteiger charge is -2.15. The third-order valence-corrected chi connectivity index (χ3v) is 2.91. The van der Waals surface area contributed by atoms with Gasteiger partial charge in [0.15, 0.2) is 6.61 Å². The third kappa shape index (κ3) is 5.17. The Kier molecular flexibility index (Phi) is 6.45. The van der Waals surface area contributed by atoms with Crippen molar-refractivity contribution in [2.75, 3.05) is 6.61 Å². The molecule has 0 fully saturated rings. The molecule has 2 N–H and O–H groups in total. The number of benzene rings is 1. The Morgan fingerprint density at radius 3 is 2.75 bits per heavy atom. The first kappa shape index (κ1) is 16.4. The highest BCUT2D eigenvalue weighted by Crippen LogP contribution is 2.25. The van der Waals surface area contributed by atoms with E-state index in [0.29, 0.717) is 5.56 Å². The SMILES string of the molecule is CCCC(C)NC(=O)COc1cc(F)ccc1[C@@H](C)O. The largest absolute Gasteiger partial charge is 0.483 e. The number of carbonyl (C=O) groups is 1. The monoisotopic (exact) mass is 283 g/mol. The van der Waals surface area contributed by atoms with Crippen molar-refractivity contribution in [3.63, 3.8) is 0 Å². The molecule has 112 valence electrons. The van der Waals surface area contributed by atoms with Crippen molar-refractivity contribution in [1.82, 2.24) is 5.32 Å². The van der Waals surface area contributed by atoms with E-state index >= 15 is 0 Å². The summed E-state index contributed by atoms with van der Waals surface area (Å²) in [7, 11) is 0. The first-order chi connectivity index (χ1) is 9.43. The number of nitrogens with one attached hydrogen (secondary N) is 1. The molecule has 1 amide bonds. The van der Waals surface area contributed by atoms with E-state index in [-0.39, 0.29) is 24.3 Å². The van der Waals surface area contributed by atoms with Crippen LogP contribution in [0.4, 0.5) is 4.39 Å². The molecule has 0 aliphatic rings. The van der Waals surface area contributed by atoms with Crippen LogP contribution in [-0.4, -0.2) is 23.7 Å². The smallest absolute Gasteiger partial charge is 0.258 e. The first-order valence-corrected chi connectivity index (χ1v) is 6.83. The third-order valence-electron chi connectivity index (χ3n) is 2.91. The van der Waals surface area contributed by atoms with E-state index in [1.165, 1.54) is 18.2 Å². The molecule has 0 aromatic heterocycles. The highest BCUT2D eigenvalue weighted by atomic mass is 19.1. The fourth-order valence-electron chi connectivity index (χ4n) is 1.94. The zero-order chi connectivity index (χ0) is 15.1. The van der Waals surface area contributed by atoms with Crippen molar-refractivity contribution < 1.29 is 19.0 Å². The number of aliphatic hydroxyl groups is 1. The van der Waals surface area contributed by atoms with Crippen LogP contribution in [0.1, 0.15) is 45.3 Å². The highest BCUT2D eigenvalue weighted by Gasteiger charge is 2.13. The number of hydrogen-bond donors (Lipinski definition) is 2. The van der Waals surface area contributed by atoms with Crippen LogP contribution in [0, 0.1) is 5.82 Å². The molecule has 0 aliphatic heterocycles. The Bertz CT molecular complexity index is 449. The summed E-state index contributed by atoms with van der Waals surface area (Å²) in [6, 6.07) is 3.95. The van der Waals surface area contributed by atoms with Crippen molar-refractivity contribution in [2.24, 2.45) is 0 Å². The lowest BCUT2D eigenvalue weighted by atomic mass is 10.1. The zero-order valence-electron chi connectivity index (χ0n) is 12.1. The molecule has 1 aromatic rings. The molecule has 1 unspecified atom stereocenters. The Morgan fingerprint density at radius 1 is 1.45 bits per heavy atom. The summed E-state index contributed by atoms with van der Waals surface area (Å²) >= 11 is 0. The average molecular weight is 283 g/mol. The van der Waals surface area contributed by atoms with Gasteiger partial charge in [0.25, 0.3) is 5.91 Å². The Morgan fingerprint density at radius 2 is 2.15 bits per heavy atom. The maximum atomic E-state index is 13.2. The summed E-state index contributed by atoms with van der Waals surface area (Å²) in [6.07, 6.45) is 1.09. The standard InChI is InChI=1S/C15H22FNO3/c1-4-5-10(2)17-15(19)9-20-14-8-12(16)6-7-13(14)11(3)18/h6-8,10-11,18H,4-5,9H2,1-3H3,(H,17,19)/t10?,11-/m1/s1. The molecule has 0 aliphatic carbocycles. The maximum Gasteiger partial charge on any atom is 0.258 e. The van der Waals surface area contributed by atoms with Gasteiger partial charge in [0.1, 0.15) is 11.6 Å². The summed E-state index contributed by atoms with van der Waals surface area (Å²) in [5.74, 6) is -0.533. The fourth-order valence-corrected chi connectivity index (χ4v) is 1.94. The molecule has 2 atom stereocenters. The highest BCUT2D eigenvalue weighted by molar-refractivity contribution is 5.77. The van der Waals surface area contributed by atoms with Gasteiger partial charge in [-0.2, -0.15) is 0 Å². The summed E-state index contributed by atoms with van der Waals surface area (Å²) in [5.41, 5.74) is 0.459. The molecule has 0 spiro atoms. The van der Waals surface area contributed by atoms with Gasteiger partial charge in [-0.15, -0.1) is 0 Å². The topological polar surface area (TPSA) is 58.6 Å². The molecule has 0 bridgehead atoms. The molecule has 0 heterocycles. The molecule has 1 aromatic carbocycles. The van der Waals surface area contributed by atoms with Crippen LogP contribution in [0.5, 0.6) is 5.75 Å². The number of aliphatic hydroxyl groups excluding tert-OH is 1. The van der Waals surface area contributed by atoms with Crippen LogP contribution >= 0.6 is 0 Å². The predicted molar refractivity (Wildman–Crippen MR) is 75.0 cm³/mol. The molecule has 5 heteroatoms. The molecular formula is C15H22FNO3. The van der Waals surface area contributed by atoms with E-state index in [0.717, 1.165) is 12.8 Å². The minimum absolute atomic E-state index is 0.0832. The Labute approximate surface area is 119 Å². The van der Waals surface area contributed by atoms with E-state index in [9.17, 15) is 14.3 Å². The summed E-state index contributed by atoms with van der Waals surface area (Å²) < 4.78 is 18.5. The van der Waals surface area contributed by atoms with Crippen LogP contribution in [0.2, 0.25) is 0 Å². The van der Waals surface area contributed by atoms with Gasteiger partial charge in [0.05, 0.1) is 6.10 Å². The summed E-state index contributed by atoms with van der Waals surface area (Å²) in [6.45, 7) is 5.33. The minimum atomic E-state index is -0.785. The number of halogens is 1. The van der Waals surface area contributed by atoms with Crippen LogP contribution in [-0.2, 0) is 4.79 Å². The maximum absolute atomic E-state index is 13.2. The van der Waals surface area contributed by atoms with E-state index in [4.69, 9.17) is 4.74 Å². The molecule has 20 heavy (non-hydrogen) atoms. The number of amides is 1. The minimum Gasteiger partial charge on any atom is -0.483 e. The summed E-state index contributed by atoms with van der Waals surface area (Å²) in [4.78, 5) is 11.7. The number of hydrogen-bond acceptors (Lipinski definition) is 3. The molecular weight excluding hydrogens is 261 g/mol. The van der Waals surface area contributed by atoms with Gasteiger partial charge in [-0.25, -0.2) is 4.39 Å². The van der Waals surface area contributed by atoms with Crippen molar-refractivity contribution in [3.05, 3.63) is 29.6 Å². The first-order valence-electron chi connectivity index (χ1n) is 6.83. The fraction of sp³-hybridized carbons (Fsp3) is 0.533. The van der Waals surface area contributed by atoms with E-state index in [1.807, 2.05) is 13.8 Å². The van der Waals surface area contributed by atoms with Crippen LogP contribution in [0.3, 0.4) is 0 Å². The number of rotatable bonds is 7. The average Bonchev–Trinajstić information content (AvgIpc) is 2.36. The van der Waals surface area contributed by atoms with E-state index < -0.39 is 11.9 Å². The van der Waals surface area contributed by atoms with Crippen molar-refractivity contribution in [2.45, 2.75) is 45.8 Å². The quantitative estimate of drug-likeness (QED) is 0.808. The van der Waals surface area contributed by atoms with E-state index in [1.54, 1.807) is 6.92 Å². The second-order valence-corrected chi connectivity index (χ2v) is 4.90. The van der Waals surface area contributed by atoms with Crippen LogP contribution < -0.4 is 10.1 Å². The lowest BCUT2D eigenvalue weighted by molar-refractivity contribution is -0.123. The van der Waals surface area contributed by atoms with Gasteiger partial charge in [-0.3, -0.25) is 4.79 Å². The van der Waals surface area contributed by atoms with Crippen molar-refractivity contribution in [3.8, 4) is 5.75 Å². The van der Waals surface area contributed by atoms with Gasteiger partial charge < -0.3 is 15.2 Å². The molecule has 1 rings (SSSR count). The molecule has 0 saturated carbocycles. The van der Waals surface area contributed by atoms with Gasteiger partial charge in [0, 0.05) is 17.7 Å². The molecule has 0 saturated heterocycles. The lowest BCUT2D eigenvalue weighted by Crippen LogP contribution is -2.36. The Hall–Kier alpha value is -1.62. The van der Waals surface area contributed by atoms with Gasteiger partial charge >= 0.3 is 0 Å². The van der Waals surface area contributed by atoms with Crippen molar-refractivity contribution >= 4 is 5.91 Å². The second kappa shape index (κ2) is 7.85. The molecule has 4 nitrogen and oxygen atoms in total. The van der Waals surface area contributed by atoms with Gasteiger partial charge in [0.2, 0.25) is 0 Å². The van der Waals surface area contributed by atoms with E-state index in [2.05, 4.69) is 5.32 Å². The van der Waals surface area contributed by atoms with Crippen LogP contribution in [0.25, 0.3) is 0 Å². The van der Waals surface area contributed by atoms with Crippen LogP contribution in [0.15, 0.2) is 18.2 Å². The summed E-state index contributed by atoms with van der Waals surface area (Å²) in [5, 5.41) is 12.4. The second-order valence-electron chi connectivity index (χ2n) is 4.90. The predicted octanol–water partition coefficient (Wildman–Crippen LogP) is 2.56. The van der Waals surface area contributed by atoms with Crippen molar-refractivity contribution in [1.29, 1.82) is 0 Å². The van der Waals surface area contributed by atoms with Gasteiger partial charge in [-0.05, 0) is 32.4 Å². The Balaban J connectivity index is 2.61. The number of ether oxygens (including phenoxy) is 1.